The third kappa shape index (κ3) is 3.49. The third-order valence-corrected chi connectivity index (χ3v) is 4.58. The summed E-state index contributed by atoms with van der Waals surface area (Å²) < 4.78 is 11.5. The maximum atomic E-state index is 12.3. The van der Waals surface area contributed by atoms with Crippen LogP contribution in [0.4, 0.5) is 5.69 Å². The maximum Gasteiger partial charge on any atom is 0.248 e. The molecule has 1 aromatic carbocycles. The minimum atomic E-state index is 0.0244. The van der Waals surface area contributed by atoms with Crippen LogP contribution in [0, 0.1) is 5.92 Å². The topological polar surface area (TPSA) is 51.1 Å². The van der Waals surface area contributed by atoms with Gasteiger partial charge in [0.15, 0.2) is 11.5 Å². The van der Waals surface area contributed by atoms with Crippen molar-refractivity contribution in [2.24, 2.45) is 11.0 Å². The zero-order valence-corrected chi connectivity index (χ0v) is 13.8. The van der Waals surface area contributed by atoms with Crippen molar-refractivity contribution >= 4 is 17.8 Å². The summed E-state index contributed by atoms with van der Waals surface area (Å²) in [5.41, 5.74) is 0.731. The SMILES string of the molecule is CCC1C=NN(c2ccc(OC)c(OC3CCCC3)c2)C(=O)C1. The molecule has 0 spiro atoms. The van der Waals surface area contributed by atoms with Gasteiger partial charge in [0.1, 0.15) is 0 Å². The first-order valence-corrected chi connectivity index (χ1v) is 8.43. The minimum Gasteiger partial charge on any atom is -0.493 e. The van der Waals surface area contributed by atoms with E-state index in [4.69, 9.17) is 9.47 Å². The molecular formula is C18H24N2O3. The highest BCUT2D eigenvalue weighted by atomic mass is 16.5. The zero-order chi connectivity index (χ0) is 16.2. The van der Waals surface area contributed by atoms with Gasteiger partial charge in [-0.15, -0.1) is 0 Å². The number of carbonyl (C=O) groups excluding carboxylic acids is 1. The van der Waals surface area contributed by atoms with Gasteiger partial charge in [-0.1, -0.05) is 6.92 Å². The van der Waals surface area contributed by atoms with E-state index in [1.807, 2.05) is 24.4 Å². The summed E-state index contributed by atoms with van der Waals surface area (Å²) in [5, 5.41) is 5.79. The number of carbonyl (C=O) groups is 1. The van der Waals surface area contributed by atoms with Crippen LogP contribution in [0.2, 0.25) is 0 Å². The van der Waals surface area contributed by atoms with Gasteiger partial charge in [-0.05, 0) is 44.2 Å². The lowest BCUT2D eigenvalue weighted by molar-refractivity contribution is -0.119. The molecule has 0 radical (unpaired) electrons. The van der Waals surface area contributed by atoms with Crippen LogP contribution in [0.5, 0.6) is 11.5 Å². The summed E-state index contributed by atoms with van der Waals surface area (Å²) >= 11 is 0. The molecule has 0 N–H and O–H groups in total. The highest BCUT2D eigenvalue weighted by Gasteiger charge is 2.25. The Morgan fingerprint density at radius 2 is 2.04 bits per heavy atom. The monoisotopic (exact) mass is 316 g/mol. The second-order valence-electron chi connectivity index (χ2n) is 6.20. The molecule has 1 amide bonds. The van der Waals surface area contributed by atoms with E-state index in [0.29, 0.717) is 17.9 Å². The Morgan fingerprint density at radius 1 is 1.26 bits per heavy atom. The third-order valence-electron chi connectivity index (χ3n) is 4.58. The summed E-state index contributed by atoms with van der Waals surface area (Å²) in [6, 6.07) is 5.55. The average molecular weight is 316 g/mol. The lowest BCUT2D eigenvalue weighted by Crippen LogP contribution is -2.32. The van der Waals surface area contributed by atoms with Gasteiger partial charge in [-0.25, -0.2) is 5.01 Å². The molecule has 124 valence electrons. The number of rotatable bonds is 5. The number of benzene rings is 1. The smallest absolute Gasteiger partial charge is 0.248 e. The summed E-state index contributed by atoms with van der Waals surface area (Å²) in [7, 11) is 1.63. The van der Waals surface area contributed by atoms with E-state index in [2.05, 4.69) is 12.0 Å². The molecule has 1 atom stereocenters. The summed E-state index contributed by atoms with van der Waals surface area (Å²) in [5.74, 6) is 1.65. The van der Waals surface area contributed by atoms with Gasteiger partial charge < -0.3 is 9.47 Å². The lowest BCUT2D eigenvalue weighted by Gasteiger charge is -2.25. The fraction of sp³-hybridized carbons (Fsp3) is 0.556. The predicted molar refractivity (Wildman–Crippen MR) is 90.3 cm³/mol. The van der Waals surface area contributed by atoms with Crippen molar-refractivity contribution in [1.82, 2.24) is 0 Å². The number of amides is 1. The van der Waals surface area contributed by atoms with E-state index in [1.165, 1.54) is 17.9 Å². The molecule has 1 aromatic rings. The Morgan fingerprint density at radius 3 is 2.70 bits per heavy atom. The van der Waals surface area contributed by atoms with Gasteiger partial charge >= 0.3 is 0 Å². The van der Waals surface area contributed by atoms with Gasteiger partial charge in [-0.2, -0.15) is 5.10 Å². The van der Waals surface area contributed by atoms with Crippen molar-refractivity contribution in [2.75, 3.05) is 12.1 Å². The van der Waals surface area contributed by atoms with E-state index < -0.39 is 0 Å². The molecule has 1 saturated carbocycles. The maximum absolute atomic E-state index is 12.3. The van der Waals surface area contributed by atoms with Crippen LogP contribution in [-0.4, -0.2) is 25.3 Å². The van der Waals surface area contributed by atoms with E-state index in [-0.39, 0.29) is 17.9 Å². The van der Waals surface area contributed by atoms with Crippen LogP contribution < -0.4 is 14.5 Å². The first kappa shape index (κ1) is 15.8. The number of hydrazone groups is 1. The molecule has 5 nitrogen and oxygen atoms in total. The fourth-order valence-electron chi connectivity index (χ4n) is 3.12. The zero-order valence-electron chi connectivity index (χ0n) is 13.8. The van der Waals surface area contributed by atoms with Crippen molar-refractivity contribution in [3.63, 3.8) is 0 Å². The Kier molecular flexibility index (Phi) is 4.84. The van der Waals surface area contributed by atoms with Crippen molar-refractivity contribution in [1.29, 1.82) is 0 Å². The second-order valence-corrected chi connectivity index (χ2v) is 6.20. The highest BCUT2D eigenvalue weighted by molar-refractivity contribution is 5.97. The molecule has 1 fully saturated rings. The van der Waals surface area contributed by atoms with Gasteiger partial charge in [0.25, 0.3) is 0 Å². The van der Waals surface area contributed by atoms with E-state index in [9.17, 15) is 4.79 Å². The quantitative estimate of drug-likeness (QED) is 0.831. The molecule has 5 heteroatoms. The summed E-state index contributed by atoms with van der Waals surface area (Å²) in [6.45, 7) is 2.07. The van der Waals surface area contributed by atoms with Crippen LogP contribution in [0.25, 0.3) is 0 Å². The fourth-order valence-corrected chi connectivity index (χ4v) is 3.12. The number of anilines is 1. The molecule has 0 aromatic heterocycles. The molecule has 1 aliphatic carbocycles. The molecule has 1 aliphatic heterocycles. The van der Waals surface area contributed by atoms with E-state index in [0.717, 1.165) is 24.9 Å². The summed E-state index contributed by atoms with van der Waals surface area (Å²) in [4.78, 5) is 12.3. The van der Waals surface area contributed by atoms with Crippen molar-refractivity contribution < 1.29 is 14.3 Å². The molecule has 0 bridgehead atoms. The number of hydrogen-bond acceptors (Lipinski definition) is 4. The van der Waals surface area contributed by atoms with Gasteiger partial charge in [0.2, 0.25) is 5.91 Å². The van der Waals surface area contributed by atoms with Gasteiger partial charge in [0, 0.05) is 24.6 Å². The molecule has 3 rings (SSSR count). The summed E-state index contributed by atoms with van der Waals surface area (Å²) in [6.07, 6.45) is 8.11. The standard InChI is InChI=1S/C18H24N2O3/c1-3-13-10-18(21)20(19-12-13)14-8-9-16(22-2)17(11-14)23-15-6-4-5-7-15/h8-9,11-13,15H,3-7,10H2,1-2H3. The predicted octanol–water partition coefficient (Wildman–Crippen LogP) is 3.77. The van der Waals surface area contributed by atoms with Crippen LogP contribution in [0.1, 0.15) is 45.4 Å². The Balaban J connectivity index is 1.83. The lowest BCUT2D eigenvalue weighted by atomic mass is 10.0. The van der Waals surface area contributed by atoms with E-state index >= 15 is 0 Å². The van der Waals surface area contributed by atoms with Crippen LogP contribution in [0.15, 0.2) is 23.3 Å². The van der Waals surface area contributed by atoms with Gasteiger partial charge in [0.05, 0.1) is 18.9 Å². The molecule has 1 heterocycles. The Labute approximate surface area is 137 Å². The van der Waals surface area contributed by atoms with Gasteiger partial charge in [-0.3, -0.25) is 4.79 Å². The minimum absolute atomic E-state index is 0.0244. The number of ether oxygens (including phenoxy) is 2. The average Bonchev–Trinajstić information content (AvgIpc) is 3.07. The van der Waals surface area contributed by atoms with Crippen LogP contribution >= 0.6 is 0 Å². The Hall–Kier alpha value is -2.04. The normalized spacial score (nSPS) is 21.7. The second kappa shape index (κ2) is 7.02. The molecule has 2 aliphatic rings. The highest BCUT2D eigenvalue weighted by Crippen LogP contribution is 2.35. The van der Waals surface area contributed by atoms with Crippen molar-refractivity contribution in [3.8, 4) is 11.5 Å². The first-order chi connectivity index (χ1) is 11.2. The largest absolute Gasteiger partial charge is 0.493 e. The molecule has 23 heavy (non-hydrogen) atoms. The van der Waals surface area contributed by atoms with Crippen molar-refractivity contribution in [3.05, 3.63) is 18.2 Å². The van der Waals surface area contributed by atoms with Crippen molar-refractivity contribution in [2.45, 2.75) is 51.6 Å². The number of nitrogens with zero attached hydrogens (tertiary/aromatic N) is 2. The van der Waals surface area contributed by atoms with Crippen LogP contribution in [-0.2, 0) is 4.79 Å². The number of hydrogen-bond donors (Lipinski definition) is 0. The first-order valence-electron chi connectivity index (χ1n) is 8.43. The number of methoxy groups -OCH3 is 1. The van der Waals surface area contributed by atoms with Crippen LogP contribution in [0.3, 0.4) is 0 Å². The molecular weight excluding hydrogens is 292 g/mol. The molecule has 1 unspecified atom stereocenters. The molecule has 0 saturated heterocycles. The van der Waals surface area contributed by atoms with E-state index in [1.54, 1.807) is 7.11 Å². The Bertz CT molecular complexity index is 594.